The molecule has 124 valence electrons. The smallest absolute Gasteiger partial charge is 0.351 e. The highest BCUT2D eigenvalue weighted by Gasteiger charge is 2.21. The van der Waals surface area contributed by atoms with Crippen LogP contribution in [0.15, 0.2) is 22.1 Å². The Morgan fingerprint density at radius 2 is 2.23 bits per heavy atom. The number of aromatic nitrogens is 2. The lowest BCUT2D eigenvalue weighted by Gasteiger charge is -2.25. The van der Waals surface area contributed by atoms with Crippen LogP contribution in [0.5, 0.6) is 0 Å². The Kier molecular flexibility index (Phi) is 7.16. The van der Waals surface area contributed by atoms with Gasteiger partial charge in [0.25, 0.3) is 0 Å². The Bertz CT molecular complexity index is 544. The van der Waals surface area contributed by atoms with Crippen LogP contribution in [0.4, 0.5) is 5.82 Å². The topological polar surface area (TPSA) is 100 Å². The molecule has 0 aliphatic carbocycles. The summed E-state index contributed by atoms with van der Waals surface area (Å²) in [6, 6.07) is 1.59. The molecule has 0 saturated carbocycles. The van der Waals surface area contributed by atoms with Gasteiger partial charge in [0, 0.05) is 20.3 Å². The van der Waals surface area contributed by atoms with Gasteiger partial charge in [0.05, 0.1) is 19.0 Å². The van der Waals surface area contributed by atoms with E-state index in [4.69, 9.17) is 4.74 Å². The minimum atomic E-state index is -0.792. The SMILES string of the molecule is CC[C@@H](O)[C@@H](CO)OC(C)n1ccc(N=CN(C)C)nc1=O. The molecule has 0 saturated heterocycles. The Labute approximate surface area is 129 Å². The molecule has 1 rings (SSSR count). The number of nitrogens with zero attached hydrogens (tertiary/aromatic N) is 4. The molecule has 0 fully saturated rings. The third-order valence-electron chi connectivity index (χ3n) is 3.03. The average molecular weight is 312 g/mol. The first-order valence-electron chi connectivity index (χ1n) is 7.13. The molecule has 8 nitrogen and oxygen atoms in total. The first-order chi connectivity index (χ1) is 10.4. The van der Waals surface area contributed by atoms with E-state index in [9.17, 15) is 15.0 Å². The summed E-state index contributed by atoms with van der Waals surface area (Å²) >= 11 is 0. The summed E-state index contributed by atoms with van der Waals surface area (Å²) in [6.45, 7) is 3.11. The van der Waals surface area contributed by atoms with Gasteiger partial charge >= 0.3 is 5.69 Å². The molecule has 1 aromatic rings. The number of aliphatic hydroxyl groups excluding tert-OH is 2. The number of rotatable bonds is 8. The van der Waals surface area contributed by atoms with Crippen LogP contribution in [0.2, 0.25) is 0 Å². The zero-order chi connectivity index (χ0) is 16.7. The summed E-state index contributed by atoms with van der Waals surface area (Å²) in [7, 11) is 3.63. The predicted molar refractivity (Wildman–Crippen MR) is 83.3 cm³/mol. The third kappa shape index (κ3) is 5.21. The Morgan fingerprint density at radius 1 is 1.55 bits per heavy atom. The van der Waals surface area contributed by atoms with Gasteiger partial charge in [-0.25, -0.2) is 9.79 Å². The number of aliphatic imine (C=N–C) groups is 1. The maximum Gasteiger partial charge on any atom is 0.351 e. The van der Waals surface area contributed by atoms with E-state index in [2.05, 4.69) is 9.98 Å². The van der Waals surface area contributed by atoms with Crippen LogP contribution < -0.4 is 5.69 Å². The van der Waals surface area contributed by atoms with Gasteiger partial charge in [0.1, 0.15) is 12.3 Å². The Morgan fingerprint density at radius 3 is 2.73 bits per heavy atom. The quantitative estimate of drug-likeness (QED) is 0.523. The molecule has 3 atom stereocenters. The lowest BCUT2D eigenvalue weighted by molar-refractivity contribution is -0.118. The maximum atomic E-state index is 12.0. The van der Waals surface area contributed by atoms with Crippen LogP contribution in [0, 0.1) is 0 Å². The number of hydrogen-bond donors (Lipinski definition) is 2. The monoisotopic (exact) mass is 312 g/mol. The van der Waals surface area contributed by atoms with Crippen LogP contribution >= 0.6 is 0 Å². The Hall–Kier alpha value is -1.77. The van der Waals surface area contributed by atoms with E-state index in [0.29, 0.717) is 12.2 Å². The fraction of sp³-hybridized carbons (Fsp3) is 0.643. The Balaban J connectivity index is 2.86. The summed E-state index contributed by atoms with van der Waals surface area (Å²) in [6.07, 6.45) is 1.31. The molecular formula is C14H24N4O4. The van der Waals surface area contributed by atoms with Crippen molar-refractivity contribution in [3.63, 3.8) is 0 Å². The van der Waals surface area contributed by atoms with Gasteiger partial charge in [-0.1, -0.05) is 6.92 Å². The van der Waals surface area contributed by atoms with Crippen LogP contribution in [0.3, 0.4) is 0 Å². The van der Waals surface area contributed by atoms with Crippen LogP contribution in [-0.4, -0.2) is 63.9 Å². The van der Waals surface area contributed by atoms with E-state index < -0.39 is 24.1 Å². The van der Waals surface area contributed by atoms with E-state index >= 15 is 0 Å². The van der Waals surface area contributed by atoms with E-state index in [-0.39, 0.29) is 6.61 Å². The second-order valence-electron chi connectivity index (χ2n) is 5.12. The highest BCUT2D eigenvalue weighted by Crippen LogP contribution is 2.13. The van der Waals surface area contributed by atoms with E-state index in [1.807, 2.05) is 14.1 Å². The fourth-order valence-corrected chi connectivity index (χ4v) is 1.76. The van der Waals surface area contributed by atoms with Crippen molar-refractivity contribution >= 4 is 12.2 Å². The van der Waals surface area contributed by atoms with Crippen molar-refractivity contribution in [1.29, 1.82) is 0 Å². The predicted octanol–water partition coefficient (Wildman–Crippen LogP) is 0.132. The average Bonchev–Trinajstić information content (AvgIpc) is 2.49. The summed E-state index contributed by atoms with van der Waals surface area (Å²) < 4.78 is 6.81. The van der Waals surface area contributed by atoms with Gasteiger partial charge < -0.3 is 19.8 Å². The molecule has 8 heteroatoms. The maximum absolute atomic E-state index is 12.0. The van der Waals surface area contributed by atoms with Crippen LogP contribution in [0.1, 0.15) is 26.5 Å². The van der Waals surface area contributed by atoms with Gasteiger partial charge in [-0.3, -0.25) is 4.57 Å². The number of hydrogen-bond acceptors (Lipinski definition) is 6. The number of ether oxygens (including phenoxy) is 1. The summed E-state index contributed by atoms with van der Waals surface area (Å²) in [4.78, 5) is 21.6. The lowest BCUT2D eigenvalue weighted by Crippen LogP contribution is -2.36. The zero-order valence-electron chi connectivity index (χ0n) is 13.4. The number of aliphatic hydroxyl groups is 2. The standard InChI is InChI=1S/C14H24N4O4/c1-5-11(20)12(8-19)22-10(2)18-7-6-13(16-14(18)21)15-9-17(3)4/h6-7,9-12,19-20H,5,8H2,1-4H3/t10?,11-,12-/m1/s1. The second-order valence-corrected chi connectivity index (χ2v) is 5.12. The highest BCUT2D eigenvalue weighted by molar-refractivity contribution is 5.58. The molecule has 22 heavy (non-hydrogen) atoms. The minimum Gasteiger partial charge on any atom is -0.394 e. The van der Waals surface area contributed by atoms with Gasteiger partial charge in [0.15, 0.2) is 5.82 Å². The molecule has 0 amide bonds. The third-order valence-corrected chi connectivity index (χ3v) is 3.03. The second kappa shape index (κ2) is 8.62. The molecule has 1 heterocycles. The minimum absolute atomic E-state index is 0.300. The van der Waals surface area contributed by atoms with Crippen molar-refractivity contribution in [1.82, 2.24) is 14.5 Å². The van der Waals surface area contributed by atoms with E-state index in [1.165, 1.54) is 10.8 Å². The molecule has 0 aliphatic rings. The van der Waals surface area contributed by atoms with Crippen molar-refractivity contribution < 1.29 is 14.9 Å². The first-order valence-corrected chi connectivity index (χ1v) is 7.13. The fourth-order valence-electron chi connectivity index (χ4n) is 1.76. The lowest BCUT2D eigenvalue weighted by atomic mass is 10.1. The molecule has 0 bridgehead atoms. The van der Waals surface area contributed by atoms with Gasteiger partial charge in [-0.15, -0.1) is 0 Å². The highest BCUT2D eigenvalue weighted by atomic mass is 16.5. The first kappa shape index (κ1) is 18.3. The van der Waals surface area contributed by atoms with Crippen molar-refractivity contribution in [2.75, 3.05) is 20.7 Å². The molecule has 1 unspecified atom stereocenters. The van der Waals surface area contributed by atoms with Gasteiger partial charge in [-0.05, 0) is 19.4 Å². The molecule has 2 N–H and O–H groups in total. The van der Waals surface area contributed by atoms with Gasteiger partial charge in [0.2, 0.25) is 0 Å². The molecule has 1 aromatic heterocycles. The van der Waals surface area contributed by atoms with Crippen LogP contribution in [0.25, 0.3) is 0 Å². The largest absolute Gasteiger partial charge is 0.394 e. The van der Waals surface area contributed by atoms with E-state index in [1.54, 1.807) is 31.2 Å². The summed E-state index contributed by atoms with van der Waals surface area (Å²) in [5, 5.41) is 19.0. The molecule has 0 spiro atoms. The molecular weight excluding hydrogens is 288 g/mol. The summed E-state index contributed by atoms with van der Waals surface area (Å²) in [5.74, 6) is 0.300. The van der Waals surface area contributed by atoms with Crippen molar-refractivity contribution in [3.05, 3.63) is 22.7 Å². The zero-order valence-corrected chi connectivity index (χ0v) is 13.4. The van der Waals surface area contributed by atoms with Crippen molar-refractivity contribution in [2.45, 2.75) is 38.7 Å². The molecule has 0 radical (unpaired) electrons. The van der Waals surface area contributed by atoms with E-state index in [0.717, 1.165) is 0 Å². The summed E-state index contributed by atoms with van der Waals surface area (Å²) in [5.41, 5.74) is -0.511. The van der Waals surface area contributed by atoms with Gasteiger partial charge in [-0.2, -0.15) is 4.98 Å². The van der Waals surface area contributed by atoms with Crippen molar-refractivity contribution in [2.24, 2.45) is 4.99 Å². The van der Waals surface area contributed by atoms with Crippen molar-refractivity contribution in [3.8, 4) is 0 Å². The molecule has 0 aliphatic heterocycles. The molecule has 0 aromatic carbocycles. The normalized spacial score (nSPS) is 15.7. The van der Waals surface area contributed by atoms with Crippen LogP contribution in [-0.2, 0) is 4.74 Å².